The number of rotatable bonds is 6. The molecule has 7 heteroatoms. The smallest absolute Gasteiger partial charge is 0.338 e. The fourth-order valence-corrected chi connectivity index (χ4v) is 3.26. The number of aromatic nitrogens is 1. The molecule has 5 nitrogen and oxygen atoms in total. The average molecular weight is 375 g/mol. The molecule has 0 aliphatic heterocycles. The van der Waals surface area contributed by atoms with Gasteiger partial charge in [0, 0.05) is 10.6 Å². The number of fused-ring (bicyclic) bond motifs is 1. The molecule has 1 aromatic heterocycles. The Balaban J connectivity index is 1.70. The molecule has 0 atom stereocenters. The number of nitrogens with one attached hydrogen (secondary N) is 1. The highest BCUT2D eigenvalue weighted by Gasteiger charge is 2.11. The van der Waals surface area contributed by atoms with Gasteiger partial charge in [-0.15, -0.1) is 0 Å². The number of benzene rings is 2. The first kappa shape index (κ1) is 17.4. The quantitative estimate of drug-likeness (QED) is 0.511. The van der Waals surface area contributed by atoms with Gasteiger partial charge >= 0.3 is 5.97 Å². The van der Waals surface area contributed by atoms with E-state index in [-0.39, 0.29) is 18.3 Å². The van der Waals surface area contributed by atoms with Crippen molar-refractivity contribution in [1.29, 1.82) is 0 Å². The average Bonchev–Trinajstić information content (AvgIpc) is 3.02. The monoisotopic (exact) mass is 374 g/mol. The summed E-state index contributed by atoms with van der Waals surface area (Å²) in [4.78, 5) is 28.4. The fraction of sp³-hybridized carbons (Fsp3) is 0.167. The van der Waals surface area contributed by atoms with E-state index in [1.807, 2.05) is 0 Å². The SMILES string of the molecule is CCOC(=O)c1ccc2nc(NCC(=O)c3ccc(Cl)cc3)sc2c1. The Kier molecular flexibility index (Phi) is 5.31. The number of nitrogens with zero attached hydrogens (tertiary/aromatic N) is 1. The van der Waals surface area contributed by atoms with Crippen LogP contribution < -0.4 is 5.32 Å². The summed E-state index contributed by atoms with van der Waals surface area (Å²) in [6.45, 7) is 2.23. The van der Waals surface area contributed by atoms with E-state index in [4.69, 9.17) is 16.3 Å². The normalized spacial score (nSPS) is 10.6. The van der Waals surface area contributed by atoms with Gasteiger partial charge in [-0.2, -0.15) is 0 Å². The van der Waals surface area contributed by atoms with E-state index < -0.39 is 0 Å². The molecule has 0 saturated carbocycles. The topological polar surface area (TPSA) is 68.3 Å². The molecule has 1 N–H and O–H groups in total. The van der Waals surface area contributed by atoms with Crippen LogP contribution >= 0.6 is 22.9 Å². The van der Waals surface area contributed by atoms with Crippen molar-refractivity contribution in [3.63, 3.8) is 0 Å². The van der Waals surface area contributed by atoms with Crippen molar-refractivity contribution in [1.82, 2.24) is 4.98 Å². The summed E-state index contributed by atoms with van der Waals surface area (Å²) in [7, 11) is 0. The highest BCUT2D eigenvalue weighted by molar-refractivity contribution is 7.22. The second kappa shape index (κ2) is 7.63. The zero-order chi connectivity index (χ0) is 17.8. The number of carbonyl (C=O) groups is 2. The Morgan fingerprint density at radius 1 is 1.16 bits per heavy atom. The van der Waals surface area contributed by atoms with Crippen molar-refractivity contribution in [2.24, 2.45) is 0 Å². The van der Waals surface area contributed by atoms with E-state index in [0.717, 1.165) is 10.2 Å². The van der Waals surface area contributed by atoms with Crippen molar-refractivity contribution in [3.05, 3.63) is 58.6 Å². The molecule has 25 heavy (non-hydrogen) atoms. The molecule has 0 saturated heterocycles. The van der Waals surface area contributed by atoms with Gasteiger partial charge in [-0.25, -0.2) is 9.78 Å². The molecular formula is C18H15ClN2O3S. The molecule has 0 unspecified atom stereocenters. The molecule has 0 amide bonds. The van der Waals surface area contributed by atoms with Crippen LogP contribution in [0.3, 0.4) is 0 Å². The van der Waals surface area contributed by atoms with Crippen LogP contribution in [0.15, 0.2) is 42.5 Å². The van der Waals surface area contributed by atoms with Crippen LogP contribution in [0, 0.1) is 0 Å². The number of thiazole rings is 1. The molecule has 0 bridgehead atoms. The number of hydrogen-bond acceptors (Lipinski definition) is 6. The van der Waals surface area contributed by atoms with E-state index in [1.165, 1.54) is 11.3 Å². The van der Waals surface area contributed by atoms with E-state index in [0.29, 0.717) is 27.9 Å². The fourth-order valence-electron chi connectivity index (χ4n) is 2.24. The third-order valence-corrected chi connectivity index (χ3v) is 4.69. The highest BCUT2D eigenvalue weighted by atomic mass is 35.5. The van der Waals surface area contributed by atoms with Gasteiger partial charge in [0.1, 0.15) is 0 Å². The number of ketones is 1. The lowest BCUT2D eigenvalue weighted by atomic mass is 10.1. The Bertz CT molecular complexity index is 922. The number of halogens is 1. The highest BCUT2D eigenvalue weighted by Crippen LogP contribution is 2.27. The lowest BCUT2D eigenvalue weighted by molar-refractivity contribution is 0.0526. The Morgan fingerprint density at radius 2 is 1.88 bits per heavy atom. The van der Waals surface area contributed by atoms with Crippen molar-refractivity contribution < 1.29 is 14.3 Å². The van der Waals surface area contributed by atoms with E-state index >= 15 is 0 Å². The minimum atomic E-state index is -0.356. The summed E-state index contributed by atoms with van der Waals surface area (Å²) in [5, 5.41) is 4.24. The van der Waals surface area contributed by atoms with Crippen LogP contribution in [0.5, 0.6) is 0 Å². The van der Waals surface area contributed by atoms with Crippen LogP contribution in [-0.4, -0.2) is 29.9 Å². The van der Waals surface area contributed by atoms with Gasteiger partial charge in [0.15, 0.2) is 10.9 Å². The van der Waals surface area contributed by atoms with Crippen molar-refractivity contribution in [2.45, 2.75) is 6.92 Å². The predicted octanol–water partition coefficient (Wildman–Crippen LogP) is 4.42. The molecule has 3 aromatic rings. The lowest BCUT2D eigenvalue weighted by Gasteiger charge is -2.02. The van der Waals surface area contributed by atoms with Crippen molar-refractivity contribution in [3.8, 4) is 0 Å². The van der Waals surface area contributed by atoms with Crippen LogP contribution in [0.2, 0.25) is 5.02 Å². The second-order valence-electron chi connectivity index (χ2n) is 5.21. The number of esters is 1. The Labute approximate surface area is 153 Å². The van der Waals surface area contributed by atoms with Gasteiger partial charge < -0.3 is 10.1 Å². The number of anilines is 1. The zero-order valence-corrected chi connectivity index (χ0v) is 15.0. The van der Waals surface area contributed by atoms with Gasteiger partial charge in [-0.3, -0.25) is 4.79 Å². The van der Waals surface area contributed by atoms with Crippen LogP contribution in [0.4, 0.5) is 5.13 Å². The number of carbonyl (C=O) groups excluding carboxylic acids is 2. The van der Waals surface area contributed by atoms with Crippen molar-refractivity contribution >= 4 is 50.0 Å². The van der Waals surface area contributed by atoms with Crippen molar-refractivity contribution in [2.75, 3.05) is 18.5 Å². The molecule has 3 rings (SSSR count). The Morgan fingerprint density at radius 3 is 2.60 bits per heavy atom. The van der Waals surface area contributed by atoms with Gasteiger partial charge in [0.2, 0.25) is 0 Å². The largest absolute Gasteiger partial charge is 0.462 e. The summed E-state index contributed by atoms with van der Waals surface area (Å²) in [6.07, 6.45) is 0. The van der Waals surface area contributed by atoms with Crippen LogP contribution in [-0.2, 0) is 4.74 Å². The first-order valence-corrected chi connectivity index (χ1v) is 8.86. The standard InChI is InChI=1S/C18H15ClN2O3S/c1-2-24-17(23)12-5-8-14-16(9-12)25-18(21-14)20-10-15(22)11-3-6-13(19)7-4-11/h3-9H,2,10H2,1H3,(H,20,21). The maximum absolute atomic E-state index is 12.2. The summed E-state index contributed by atoms with van der Waals surface area (Å²) >= 11 is 7.20. The van der Waals surface area contributed by atoms with Gasteiger partial charge in [-0.05, 0) is 49.4 Å². The van der Waals surface area contributed by atoms with Crippen LogP contribution in [0.1, 0.15) is 27.6 Å². The molecule has 1 heterocycles. The third-order valence-electron chi connectivity index (χ3n) is 3.47. The van der Waals surface area contributed by atoms with E-state index in [1.54, 1.807) is 49.4 Å². The van der Waals surface area contributed by atoms with Crippen LogP contribution in [0.25, 0.3) is 10.2 Å². The molecule has 0 spiro atoms. The molecule has 0 radical (unpaired) electrons. The molecule has 128 valence electrons. The lowest BCUT2D eigenvalue weighted by Crippen LogP contribution is -2.13. The number of ether oxygens (including phenoxy) is 1. The van der Waals surface area contributed by atoms with E-state index in [9.17, 15) is 9.59 Å². The molecule has 0 aliphatic rings. The summed E-state index contributed by atoms with van der Waals surface area (Å²) < 4.78 is 5.85. The number of Topliss-reactive ketones (excluding diaryl/α,β-unsaturated/α-hetero) is 1. The molecule has 2 aromatic carbocycles. The maximum Gasteiger partial charge on any atom is 0.338 e. The predicted molar refractivity (Wildman–Crippen MR) is 99.8 cm³/mol. The third kappa shape index (κ3) is 4.15. The summed E-state index contributed by atoms with van der Waals surface area (Å²) in [6, 6.07) is 11.9. The minimum Gasteiger partial charge on any atom is -0.462 e. The maximum atomic E-state index is 12.2. The molecule has 0 aliphatic carbocycles. The zero-order valence-electron chi connectivity index (χ0n) is 13.4. The van der Waals surface area contributed by atoms with E-state index in [2.05, 4.69) is 10.3 Å². The second-order valence-corrected chi connectivity index (χ2v) is 6.67. The van der Waals surface area contributed by atoms with Gasteiger partial charge in [0.05, 0.1) is 28.9 Å². The van der Waals surface area contributed by atoms with Gasteiger partial charge in [0.25, 0.3) is 0 Å². The summed E-state index contributed by atoms with van der Waals surface area (Å²) in [5.74, 6) is -0.409. The minimum absolute atomic E-state index is 0.0527. The first-order valence-electron chi connectivity index (χ1n) is 7.67. The van der Waals surface area contributed by atoms with Gasteiger partial charge in [-0.1, -0.05) is 22.9 Å². The molecule has 0 fully saturated rings. The molecular weight excluding hydrogens is 360 g/mol. The first-order chi connectivity index (χ1) is 12.1. The number of hydrogen-bond donors (Lipinski definition) is 1. The summed E-state index contributed by atoms with van der Waals surface area (Å²) in [5.41, 5.74) is 1.84. The Hall–Kier alpha value is -2.44.